The van der Waals surface area contributed by atoms with E-state index in [0.717, 1.165) is 37.0 Å². The zero-order chi connectivity index (χ0) is 23.2. The summed E-state index contributed by atoms with van der Waals surface area (Å²) in [6.07, 6.45) is 24.3. The Morgan fingerprint density at radius 3 is 1.56 bits per heavy atom. The lowest BCUT2D eigenvalue weighted by Gasteiger charge is -2.59. The van der Waals surface area contributed by atoms with Gasteiger partial charge in [0, 0.05) is 16.4 Å². The third kappa shape index (κ3) is 5.81. The highest BCUT2D eigenvalue weighted by atomic mass is 16.1. The van der Waals surface area contributed by atoms with Crippen LogP contribution < -0.4 is 5.73 Å². The van der Waals surface area contributed by atoms with E-state index in [1.807, 2.05) is 0 Å². The van der Waals surface area contributed by atoms with Crippen molar-refractivity contribution < 1.29 is 4.79 Å². The minimum Gasteiger partial charge on any atom is -0.325 e. The summed E-state index contributed by atoms with van der Waals surface area (Å²) >= 11 is 0. The van der Waals surface area contributed by atoms with Crippen LogP contribution >= 0.6 is 0 Å². The van der Waals surface area contributed by atoms with Gasteiger partial charge in [-0.25, -0.2) is 0 Å². The Morgan fingerprint density at radius 2 is 1.16 bits per heavy atom. The van der Waals surface area contributed by atoms with Gasteiger partial charge < -0.3 is 5.73 Å². The number of Topliss-reactive ketones (excluding diaryl/α,β-unsaturated/α-hetero) is 1. The molecule has 186 valence electrons. The lowest BCUT2D eigenvalue weighted by atomic mass is 9.44. The number of carbonyl (C=O) groups is 1. The molecule has 4 bridgehead atoms. The summed E-state index contributed by atoms with van der Waals surface area (Å²) in [5.41, 5.74) is 6.14. The Balaban J connectivity index is 1.58. The van der Waals surface area contributed by atoms with Crippen molar-refractivity contribution in [3.8, 4) is 0 Å². The Hall–Kier alpha value is -0.370. The fourth-order valence-corrected chi connectivity index (χ4v) is 8.53. The third-order valence-corrected chi connectivity index (χ3v) is 9.82. The van der Waals surface area contributed by atoms with E-state index in [4.69, 9.17) is 5.73 Å². The van der Waals surface area contributed by atoms with E-state index in [2.05, 4.69) is 27.7 Å². The quantitative estimate of drug-likeness (QED) is 0.242. The first-order valence-electron chi connectivity index (χ1n) is 14.6. The van der Waals surface area contributed by atoms with Crippen LogP contribution in [0.2, 0.25) is 0 Å². The minimum atomic E-state index is -0.428. The zero-order valence-electron chi connectivity index (χ0n) is 22.2. The van der Waals surface area contributed by atoms with E-state index in [0.29, 0.717) is 5.78 Å². The number of nitrogens with two attached hydrogens (primary N) is 1. The van der Waals surface area contributed by atoms with Crippen molar-refractivity contribution in [1.82, 2.24) is 0 Å². The lowest BCUT2D eigenvalue weighted by Crippen LogP contribution is -2.62. The van der Waals surface area contributed by atoms with Crippen molar-refractivity contribution in [2.24, 2.45) is 34.3 Å². The molecular weight excluding hydrogens is 390 g/mol. The van der Waals surface area contributed by atoms with E-state index < -0.39 is 5.54 Å². The second-order valence-electron chi connectivity index (χ2n) is 13.0. The molecule has 0 aromatic carbocycles. The molecule has 0 spiro atoms. The number of rotatable bonds is 16. The van der Waals surface area contributed by atoms with Crippen molar-refractivity contribution in [3.05, 3.63) is 0 Å². The molecule has 0 radical (unpaired) electrons. The zero-order valence-corrected chi connectivity index (χ0v) is 22.2. The van der Waals surface area contributed by atoms with Gasteiger partial charge in [-0.05, 0) is 83.0 Å². The van der Waals surface area contributed by atoms with Gasteiger partial charge >= 0.3 is 0 Å². The molecule has 4 fully saturated rings. The van der Waals surface area contributed by atoms with Gasteiger partial charge in [0.15, 0.2) is 0 Å². The summed E-state index contributed by atoms with van der Waals surface area (Å²) < 4.78 is 0. The van der Waals surface area contributed by atoms with Gasteiger partial charge in [-0.15, -0.1) is 0 Å². The van der Waals surface area contributed by atoms with Crippen molar-refractivity contribution in [1.29, 1.82) is 0 Å². The van der Waals surface area contributed by atoms with Gasteiger partial charge in [-0.1, -0.05) is 84.5 Å². The monoisotopic (exact) mass is 445 g/mol. The van der Waals surface area contributed by atoms with E-state index >= 15 is 0 Å². The molecule has 0 aromatic heterocycles. The first-order chi connectivity index (χ1) is 15.3. The predicted molar refractivity (Wildman–Crippen MR) is 138 cm³/mol. The van der Waals surface area contributed by atoms with E-state index in [9.17, 15) is 4.79 Å². The Morgan fingerprint density at radius 1 is 0.719 bits per heavy atom. The molecule has 4 rings (SSSR count). The Bertz CT molecular complexity index is 553. The van der Waals surface area contributed by atoms with Crippen LogP contribution in [0.1, 0.15) is 150 Å². The molecule has 2 N–H and O–H groups in total. The SMILES string of the molecule is CCCCCCCCCCCCC(CCC)(C(=O)C12CC3CC(CC(C3)C1)C2)C(C)(C)N. The summed E-state index contributed by atoms with van der Waals surface area (Å²) in [6, 6.07) is 0. The molecule has 2 nitrogen and oxygen atoms in total. The molecule has 4 saturated carbocycles. The predicted octanol–water partition coefficient (Wildman–Crippen LogP) is 8.61. The molecule has 32 heavy (non-hydrogen) atoms. The third-order valence-electron chi connectivity index (χ3n) is 9.82. The van der Waals surface area contributed by atoms with Crippen LogP contribution in [0.3, 0.4) is 0 Å². The minimum absolute atomic E-state index is 0.0287. The summed E-state index contributed by atoms with van der Waals surface area (Å²) in [4.78, 5) is 14.6. The second kappa shape index (κ2) is 11.4. The first-order valence-corrected chi connectivity index (χ1v) is 14.6. The maximum absolute atomic E-state index is 14.6. The molecular formula is C30H55NO. The number of hydrogen-bond acceptors (Lipinski definition) is 2. The molecule has 0 amide bonds. The number of hydrogen-bond donors (Lipinski definition) is 1. The Kier molecular flexibility index (Phi) is 9.32. The molecule has 4 aliphatic carbocycles. The molecule has 2 heteroatoms. The van der Waals surface area contributed by atoms with Gasteiger partial charge in [-0.2, -0.15) is 0 Å². The molecule has 1 atom stereocenters. The number of carbonyl (C=O) groups excluding carboxylic acids is 1. The van der Waals surface area contributed by atoms with Crippen LogP contribution in [0.25, 0.3) is 0 Å². The van der Waals surface area contributed by atoms with Crippen LogP contribution in [0.5, 0.6) is 0 Å². The molecule has 4 aliphatic rings. The molecule has 0 heterocycles. The van der Waals surface area contributed by atoms with Crippen LogP contribution in [0, 0.1) is 28.6 Å². The summed E-state index contributed by atoms with van der Waals surface area (Å²) in [5.74, 6) is 3.07. The van der Waals surface area contributed by atoms with E-state index in [-0.39, 0.29) is 10.8 Å². The first kappa shape index (κ1) is 26.2. The fraction of sp³-hybridized carbons (Fsp3) is 0.967. The molecule has 0 saturated heterocycles. The highest BCUT2D eigenvalue weighted by molar-refractivity contribution is 5.92. The highest BCUT2D eigenvalue weighted by Gasteiger charge is 2.60. The van der Waals surface area contributed by atoms with Gasteiger partial charge in [0.05, 0.1) is 0 Å². The Labute approximate surface area is 200 Å². The fourth-order valence-electron chi connectivity index (χ4n) is 8.53. The van der Waals surface area contributed by atoms with Crippen LogP contribution in [-0.2, 0) is 4.79 Å². The van der Waals surface area contributed by atoms with Crippen molar-refractivity contribution >= 4 is 5.78 Å². The van der Waals surface area contributed by atoms with Crippen LogP contribution in [-0.4, -0.2) is 11.3 Å². The number of unbranched alkanes of at least 4 members (excludes halogenated alkanes) is 9. The largest absolute Gasteiger partial charge is 0.325 e. The summed E-state index contributed by atoms with van der Waals surface area (Å²) in [5, 5.41) is 0. The van der Waals surface area contributed by atoms with Crippen molar-refractivity contribution in [2.45, 2.75) is 155 Å². The summed E-state index contributed by atoms with van der Waals surface area (Å²) in [6.45, 7) is 8.87. The van der Waals surface area contributed by atoms with E-state index in [1.54, 1.807) is 0 Å². The molecule has 0 aliphatic heterocycles. The second-order valence-corrected chi connectivity index (χ2v) is 13.0. The van der Waals surface area contributed by atoms with Crippen molar-refractivity contribution in [2.75, 3.05) is 0 Å². The smallest absolute Gasteiger partial charge is 0.146 e. The topological polar surface area (TPSA) is 43.1 Å². The average Bonchev–Trinajstić information content (AvgIpc) is 2.72. The van der Waals surface area contributed by atoms with Gasteiger partial charge in [0.25, 0.3) is 0 Å². The normalized spacial score (nSPS) is 31.1. The lowest BCUT2D eigenvalue weighted by molar-refractivity contribution is -0.160. The van der Waals surface area contributed by atoms with E-state index in [1.165, 1.54) is 103 Å². The van der Waals surface area contributed by atoms with Gasteiger partial charge in [0.1, 0.15) is 5.78 Å². The molecule has 0 aromatic rings. The van der Waals surface area contributed by atoms with Gasteiger partial charge in [-0.3, -0.25) is 4.79 Å². The average molecular weight is 446 g/mol. The maximum Gasteiger partial charge on any atom is 0.146 e. The van der Waals surface area contributed by atoms with Gasteiger partial charge in [0.2, 0.25) is 0 Å². The summed E-state index contributed by atoms with van der Waals surface area (Å²) in [7, 11) is 0. The van der Waals surface area contributed by atoms with Crippen molar-refractivity contribution in [3.63, 3.8) is 0 Å². The standard InChI is InChI=1S/C30H55NO/c1-5-7-8-9-10-11-12-13-14-15-17-30(16-6-2,28(3,4)31)27(32)29-21-24-18-25(22-29)20-26(19-24)23-29/h24-26H,5-23,31H2,1-4H3. The maximum atomic E-state index is 14.6. The van der Waals surface area contributed by atoms with Crippen LogP contribution in [0.4, 0.5) is 0 Å². The molecule has 1 unspecified atom stereocenters. The van der Waals surface area contributed by atoms with Crippen LogP contribution in [0.15, 0.2) is 0 Å². The number of ketones is 1. The highest BCUT2D eigenvalue weighted by Crippen LogP contribution is 2.63.